The van der Waals surface area contributed by atoms with Crippen molar-refractivity contribution < 1.29 is 10.0 Å². The monoisotopic (exact) mass is 432 g/mol. The molecule has 168 valence electrons. The molecule has 2 fully saturated rings. The zero-order valence-electron chi connectivity index (χ0n) is 18.8. The Hall–Kier alpha value is -2.70. The van der Waals surface area contributed by atoms with Crippen LogP contribution in [0.3, 0.4) is 0 Å². The number of nitrogens with zero attached hydrogens (tertiary/aromatic N) is 3. The first kappa shape index (κ1) is 21.2. The van der Waals surface area contributed by atoms with Crippen LogP contribution in [0.1, 0.15) is 66.4 Å². The Morgan fingerprint density at radius 3 is 2.59 bits per heavy atom. The molecule has 6 heteroatoms. The minimum absolute atomic E-state index is 0.434. The highest BCUT2D eigenvalue weighted by molar-refractivity contribution is 5.93. The second kappa shape index (κ2) is 8.68. The predicted molar refractivity (Wildman–Crippen MR) is 125 cm³/mol. The van der Waals surface area contributed by atoms with Crippen LogP contribution in [0.5, 0.6) is 0 Å². The van der Waals surface area contributed by atoms with Gasteiger partial charge in [-0.1, -0.05) is 25.5 Å². The highest BCUT2D eigenvalue weighted by Gasteiger charge is 2.34. The number of hydroxylamine groups is 1. The SMILES string of the molecule is CC1(CN2CCC(c3cnc4c(ccn4Cc4ccc(C(=O)NO)cc4)c3)CC2)CCC1. The fourth-order valence-corrected chi connectivity index (χ4v) is 5.37. The van der Waals surface area contributed by atoms with E-state index in [1.54, 1.807) is 17.6 Å². The number of piperidine rings is 1. The van der Waals surface area contributed by atoms with E-state index in [2.05, 4.69) is 40.9 Å². The molecule has 0 atom stereocenters. The molecular weight excluding hydrogens is 400 g/mol. The number of likely N-dealkylation sites (tertiary alicyclic amines) is 1. The molecule has 1 aliphatic heterocycles. The van der Waals surface area contributed by atoms with Crippen LogP contribution in [-0.2, 0) is 6.54 Å². The normalized spacial score (nSPS) is 19.1. The third-order valence-corrected chi connectivity index (χ3v) is 7.52. The standard InChI is InChI=1S/C26H32N4O2/c1-26(10-2-11-26)18-29-12-7-20(8-13-29)23-15-22-9-14-30(24(22)27-16-23)17-19-3-5-21(6-4-19)25(31)28-32/h3-6,9,14-16,20,32H,2,7-8,10-13,17-18H2,1H3,(H,28,31). The minimum Gasteiger partial charge on any atom is -0.328 e. The van der Waals surface area contributed by atoms with Gasteiger partial charge in [-0.25, -0.2) is 10.5 Å². The van der Waals surface area contributed by atoms with Gasteiger partial charge in [0.25, 0.3) is 5.91 Å². The first-order chi connectivity index (χ1) is 15.5. The average Bonchev–Trinajstić information content (AvgIpc) is 3.20. The number of hydrogen-bond acceptors (Lipinski definition) is 4. The number of amides is 1. The number of benzene rings is 1. The lowest BCUT2D eigenvalue weighted by Crippen LogP contribution is -2.43. The van der Waals surface area contributed by atoms with E-state index in [4.69, 9.17) is 10.2 Å². The van der Waals surface area contributed by atoms with Crippen LogP contribution < -0.4 is 5.48 Å². The van der Waals surface area contributed by atoms with Gasteiger partial charge in [0.1, 0.15) is 5.65 Å². The van der Waals surface area contributed by atoms with Crippen molar-refractivity contribution in [1.82, 2.24) is 19.9 Å². The molecule has 3 aromatic rings. The lowest BCUT2D eigenvalue weighted by atomic mass is 9.70. The lowest BCUT2D eigenvalue weighted by molar-refractivity contribution is 0.0705. The largest absolute Gasteiger partial charge is 0.328 e. The molecule has 2 aliphatic rings. The molecule has 1 amide bonds. The third-order valence-electron chi connectivity index (χ3n) is 7.52. The fourth-order valence-electron chi connectivity index (χ4n) is 5.37. The smallest absolute Gasteiger partial charge is 0.274 e. The van der Waals surface area contributed by atoms with Crippen LogP contribution in [0.15, 0.2) is 48.8 Å². The molecule has 1 aromatic carbocycles. The summed E-state index contributed by atoms with van der Waals surface area (Å²) in [5, 5.41) is 9.94. The van der Waals surface area contributed by atoms with Crippen LogP contribution in [0.25, 0.3) is 11.0 Å². The van der Waals surface area contributed by atoms with Gasteiger partial charge in [-0.3, -0.25) is 10.0 Å². The zero-order valence-corrected chi connectivity index (χ0v) is 18.8. The van der Waals surface area contributed by atoms with Crippen LogP contribution in [-0.4, -0.2) is 45.2 Å². The van der Waals surface area contributed by atoms with E-state index in [9.17, 15) is 4.79 Å². The summed E-state index contributed by atoms with van der Waals surface area (Å²) in [6.07, 6.45) is 10.8. The average molecular weight is 433 g/mol. The van der Waals surface area contributed by atoms with Crippen molar-refractivity contribution in [2.75, 3.05) is 19.6 Å². The van der Waals surface area contributed by atoms with Crippen molar-refractivity contribution in [3.8, 4) is 0 Å². The van der Waals surface area contributed by atoms with Gasteiger partial charge in [0.05, 0.1) is 0 Å². The van der Waals surface area contributed by atoms with Gasteiger partial charge in [0, 0.05) is 36.4 Å². The Morgan fingerprint density at radius 2 is 1.94 bits per heavy atom. The zero-order chi connectivity index (χ0) is 22.1. The number of hydrogen-bond donors (Lipinski definition) is 2. The molecule has 2 N–H and O–H groups in total. The molecule has 1 saturated carbocycles. The maximum absolute atomic E-state index is 11.5. The highest BCUT2D eigenvalue weighted by Crippen LogP contribution is 2.42. The van der Waals surface area contributed by atoms with Gasteiger partial charge in [-0.2, -0.15) is 0 Å². The Labute approximate surface area is 189 Å². The molecule has 5 rings (SSSR count). The van der Waals surface area contributed by atoms with Gasteiger partial charge < -0.3 is 9.47 Å². The van der Waals surface area contributed by atoms with Crippen LogP contribution in [0.4, 0.5) is 0 Å². The van der Waals surface area contributed by atoms with E-state index in [1.807, 2.05) is 12.1 Å². The maximum atomic E-state index is 11.5. The van der Waals surface area contributed by atoms with Gasteiger partial charge in [-0.05, 0) is 85.5 Å². The summed E-state index contributed by atoms with van der Waals surface area (Å²) in [4.78, 5) is 19.0. The first-order valence-corrected chi connectivity index (χ1v) is 11.7. The second-order valence-electron chi connectivity index (χ2n) is 9.98. The number of aromatic nitrogens is 2. The minimum atomic E-state index is -0.500. The number of carbonyl (C=O) groups excluding carboxylic acids is 1. The molecule has 0 radical (unpaired) electrons. The van der Waals surface area contributed by atoms with Crippen molar-refractivity contribution in [1.29, 1.82) is 0 Å². The summed E-state index contributed by atoms with van der Waals surface area (Å²) in [6, 6.07) is 11.7. The number of nitrogens with one attached hydrogen (secondary N) is 1. The third kappa shape index (κ3) is 4.30. The van der Waals surface area contributed by atoms with Crippen molar-refractivity contribution >= 4 is 16.9 Å². The van der Waals surface area contributed by atoms with E-state index in [0.29, 0.717) is 23.4 Å². The molecule has 2 aromatic heterocycles. The summed E-state index contributed by atoms with van der Waals surface area (Å²) in [7, 11) is 0. The van der Waals surface area contributed by atoms with E-state index in [0.717, 1.165) is 11.2 Å². The number of pyridine rings is 1. The van der Waals surface area contributed by atoms with Crippen LogP contribution in [0, 0.1) is 5.41 Å². The second-order valence-corrected chi connectivity index (χ2v) is 9.98. The number of carbonyl (C=O) groups is 1. The summed E-state index contributed by atoms with van der Waals surface area (Å²) < 4.78 is 2.14. The lowest BCUT2D eigenvalue weighted by Gasteiger charge is -2.44. The molecule has 0 unspecified atom stereocenters. The van der Waals surface area contributed by atoms with Crippen molar-refractivity contribution in [2.45, 2.75) is 51.5 Å². The Kier molecular flexibility index (Phi) is 5.74. The Morgan fingerprint density at radius 1 is 1.19 bits per heavy atom. The van der Waals surface area contributed by atoms with Crippen molar-refractivity contribution in [3.63, 3.8) is 0 Å². The molecule has 32 heavy (non-hydrogen) atoms. The molecule has 1 aliphatic carbocycles. The van der Waals surface area contributed by atoms with Gasteiger partial charge in [0.2, 0.25) is 0 Å². The molecule has 1 saturated heterocycles. The fraction of sp³-hybridized carbons (Fsp3) is 0.462. The summed E-state index contributed by atoms with van der Waals surface area (Å²) >= 11 is 0. The first-order valence-electron chi connectivity index (χ1n) is 11.7. The molecule has 6 nitrogen and oxygen atoms in total. The predicted octanol–water partition coefficient (Wildman–Crippen LogP) is 4.57. The van der Waals surface area contributed by atoms with Gasteiger partial charge >= 0.3 is 0 Å². The molecule has 0 spiro atoms. The summed E-state index contributed by atoms with van der Waals surface area (Å²) in [6.45, 7) is 6.80. The van der Waals surface area contributed by atoms with Crippen molar-refractivity contribution in [2.24, 2.45) is 5.41 Å². The quantitative estimate of drug-likeness (QED) is 0.442. The van der Waals surface area contributed by atoms with E-state index >= 15 is 0 Å². The topological polar surface area (TPSA) is 70.4 Å². The van der Waals surface area contributed by atoms with Gasteiger partial charge in [0.15, 0.2) is 0 Å². The Balaban J connectivity index is 1.24. The summed E-state index contributed by atoms with van der Waals surface area (Å²) in [5.74, 6) is 0.103. The van der Waals surface area contributed by atoms with Crippen molar-refractivity contribution in [3.05, 3.63) is 65.5 Å². The van der Waals surface area contributed by atoms with E-state index in [1.165, 1.54) is 62.7 Å². The molecule has 0 bridgehead atoms. The number of rotatable bonds is 6. The van der Waals surface area contributed by atoms with Gasteiger partial charge in [-0.15, -0.1) is 0 Å². The number of fused-ring (bicyclic) bond motifs is 1. The van der Waals surface area contributed by atoms with Crippen LogP contribution in [0.2, 0.25) is 0 Å². The highest BCUT2D eigenvalue weighted by atomic mass is 16.5. The van der Waals surface area contributed by atoms with E-state index < -0.39 is 5.91 Å². The van der Waals surface area contributed by atoms with Crippen LogP contribution >= 0.6 is 0 Å². The Bertz CT molecular complexity index is 1090. The maximum Gasteiger partial charge on any atom is 0.274 e. The molecule has 3 heterocycles. The summed E-state index contributed by atoms with van der Waals surface area (Å²) in [5.41, 5.74) is 6.10. The molecular formula is C26H32N4O2. The van der Waals surface area contributed by atoms with E-state index in [-0.39, 0.29) is 0 Å².